The van der Waals surface area contributed by atoms with Gasteiger partial charge in [0.15, 0.2) is 0 Å². The molecular formula is C13H21N3O2S. The number of aromatic nitrogens is 1. The summed E-state index contributed by atoms with van der Waals surface area (Å²) in [6.07, 6.45) is 4.51. The van der Waals surface area contributed by atoms with Crippen molar-refractivity contribution in [3.05, 3.63) is 16.1 Å². The molecule has 19 heavy (non-hydrogen) atoms. The third-order valence-electron chi connectivity index (χ3n) is 3.78. The third kappa shape index (κ3) is 3.75. The maximum absolute atomic E-state index is 11.9. The smallest absolute Gasteiger partial charge is 0.270 e. The monoisotopic (exact) mass is 283 g/mol. The molecule has 2 atom stereocenters. The van der Waals surface area contributed by atoms with Crippen LogP contribution in [0.3, 0.4) is 0 Å². The number of nitrogens with one attached hydrogen (secondary N) is 1. The molecule has 1 heterocycles. The number of carbonyl (C=O) groups is 1. The second-order valence-electron chi connectivity index (χ2n) is 5.03. The minimum Gasteiger partial charge on any atom is -0.396 e. The summed E-state index contributed by atoms with van der Waals surface area (Å²) >= 11 is 1.41. The highest BCUT2D eigenvalue weighted by Crippen LogP contribution is 2.29. The van der Waals surface area contributed by atoms with Gasteiger partial charge >= 0.3 is 0 Å². The van der Waals surface area contributed by atoms with E-state index in [1.54, 1.807) is 5.38 Å². The van der Waals surface area contributed by atoms with Crippen LogP contribution in [0.5, 0.6) is 0 Å². The molecule has 4 N–H and O–H groups in total. The van der Waals surface area contributed by atoms with Crippen LogP contribution in [0.1, 0.15) is 41.2 Å². The van der Waals surface area contributed by atoms with Gasteiger partial charge in [0.2, 0.25) is 0 Å². The Kier molecular flexibility index (Phi) is 5.30. The number of amides is 1. The maximum atomic E-state index is 11.9. The first kappa shape index (κ1) is 14.4. The van der Waals surface area contributed by atoms with Crippen molar-refractivity contribution >= 4 is 17.2 Å². The van der Waals surface area contributed by atoms with Crippen molar-refractivity contribution in [2.24, 2.45) is 17.6 Å². The lowest BCUT2D eigenvalue weighted by atomic mass is 9.79. The fourth-order valence-corrected chi connectivity index (χ4v) is 3.27. The first-order chi connectivity index (χ1) is 9.24. The van der Waals surface area contributed by atoms with Crippen molar-refractivity contribution in [2.75, 3.05) is 13.2 Å². The summed E-state index contributed by atoms with van der Waals surface area (Å²) in [5.41, 5.74) is 5.92. The van der Waals surface area contributed by atoms with Gasteiger partial charge in [0.25, 0.3) is 5.91 Å². The van der Waals surface area contributed by atoms with Crippen LogP contribution in [0.2, 0.25) is 0 Å². The van der Waals surface area contributed by atoms with Crippen molar-refractivity contribution in [3.8, 4) is 0 Å². The van der Waals surface area contributed by atoms with Gasteiger partial charge in [-0.2, -0.15) is 0 Å². The third-order valence-corrected chi connectivity index (χ3v) is 4.66. The zero-order valence-electron chi connectivity index (χ0n) is 11.0. The van der Waals surface area contributed by atoms with Gasteiger partial charge in [0, 0.05) is 25.1 Å². The molecule has 0 saturated heterocycles. The standard InChI is InChI=1S/C13H21N3O2S/c14-5-12-16-11(8-19-12)13(18)15-6-9-3-1-2-4-10(9)7-17/h8-10,17H,1-7,14H2,(H,15,18). The Morgan fingerprint density at radius 1 is 1.47 bits per heavy atom. The van der Waals surface area contributed by atoms with E-state index in [1.807, 2.05) is 0 Å². The van der Waals surface area contributed by atoms with E-state index in [2.05, 4.69) is 10.3 Å². The molecule has 2 unspecified atom stereocenters. The Hall–Kier alpha value is -0.980. The highest BCUT2D eigenvalue weighted by atomic mass is 32.1. The molecule has 0 bridgehead atoms. The molecule has 1 aromatic heterocycles. The van der Waals surface area contributed by atoms with Gasteiger partial charge in [-0.3, -0.25) is 4.79 Å². The van der Waals surface area contributed by atoms with Crippen LogP contribution in [0.15, 0.2) is 5.38 Å². The van der Waals surface area contributed by atoms with E-state index in [1.165, 1.54) is 24.2 Å². The van der Waals surface area contributed by atoms with E-state index < -0.39 is 0 Å². The van der Waals surface area contributed by atoms with Gasteiger partial charge in [0.05, 0.1) is 0 Å². The Morgan fingerprint density at radius 2 is 2.21 bits per heavy atom. The largest absolute Gasteiger partial charge is 0.396 e. The average molecular weight is 283 g/mol. The quantitative estimate of drug-likeness (QED) is 0.756. The van der Waals surface area contributed by atoms with E-state index in [0.29, 0.717) is 30.6 Å². The van der Waals surface area contributed by atoms with Crippen LogP contribution in [0.4, 0.5) is 0 Å². The number of nitrogens with two attached hydrogens (primary N) is 1. The summed E-state index contributed by atoms with van der Waals surface area (Å²) in [4.78, 5) is 16.1. The number of carbonyl (C=O) groups excluding carboxylic acids is 1. The van der Waals surface area contributed by atoms with Crippen LogP contribution in [-0.4, -0.2) is 29.1 Å². The highest BCUT2D eigenvalue weighted by molar-refractivity contribution is 7.09. The zero-order valence-corrected chi connectivity index (χ0v) is 11.8. The molecule has 0 aliphatic heterocycles. The van der Waals surface area contributed by atoms with Crippen LogP contribution in [-0.2, 0) is 6.54 Å². The number of hydrogen-bond acceptors (Lipinski definition) is 5. The lowest BCUT2D eigenvalue weighted by molar-refractivity contribution is 0.0905. The fraction of sp³-hybridized carbons (Fsp3) is 0.692. The van der Waals surface area contributed by atoms with Gasteiger partial charge in [0.1, 0.15) is 10.7 Å². The summed E-state index contributed by atoms with van der Waals surface area (Å²) in [5, 5.41) is 14.8. The van der Waals surface area contributed by atoms with E-state index in [-0.39, 0.29) is 12.5 Å². The van der Waals surface area contributed by atoms with Gasteiger partial charge in [-0.05, 0) is 24.7 Å². The van der Waals surface area contributed by atoms with Gasteiger partial charge in [-0.1, -0.05) is 12.8 Å². The predicted molar refractivity (Wildman–Crippen MR) is 74.9 cm³/mol. The molecule has 1 amide bonds. The molecule has 1 saturated carbocycles. The maximum Gasteiger partial charge on any atom is 0.270 e. The van der Waals surface area contributed by atoms with Crippen LogP contribution in [0, 0.1) is 11.8 Å². The van der Waals surface area contributed by atoms with Crippen molar-refractivity contribution < 1.29 is 9.90 Å². The molecule has 1 aromatic rings. The van der Waals surface area contributed by atoms with Crippen LogP contribution < -0.4 is 11.1 Å². The first-order valence-corrected chi connectivity index (χ1v) is 7.66. The normalized spacial score (nSPS) is 23.3. The molecule has 0 aromatic carbocycles. The number of hydrogen-bond donors (Lipinski definition) is 3. The van der Waals surface area contributed by atoms with E-state index in [9.17, 15) is 9.90 Å². The van der Waals surface area contributed by atoms with Crippen molar-refractivity contribution in [3.63, 3.8) is 0 Å². The second kappa shape index (κ2) is 6.98. The number of rotatable bonds is 5. The number of aliphatic hydroxyl groups excluding tert-OH is 1. The van der Waals surface area contributed by atoms with Gasteiger partial charge < -0.3 is 16.2 Å². The molecule has 106 valence electrons. The summed E-state index contributed by atoms with van der Waals surface area (Å²) < 4.78 is 0. The van der Waals surface area contributed by atoms with Crippen molar-refractivity contribution in [1.29, 1.82) is 0 Å². The van der Waals surface area contributed by atoms with Crippen LogP contribution >= 0.6 is 11.3 Å². The second-order valence-corrected chi connectivity index (χ2v) is 5.97. The number of thiazole rings is 1. The summed E-state index contributed by atoms with van der Waals surface area (Å²) in [6.45, 7) is 1.21. The number of nitrogens with zero attached hydrogens (tertiary/aromatic N) is 1. The molecule has 6 heteroatoms. The Balaban J connectivity index is 1.85. The topological polar surface area (TPSA) is 88.2 Å². The van der Waals surface area contributed by atoms with E-state index >= 15 is 0 Å². The summed E-state index contributed by atoms with van der Waals surface area (Å²) in [6, 6.07) is 0. The Morgan fingerprint density at radius 3 is 2.84 bits per heavy atom. The molecule has 5 nitrogen and oxygen atoms in total. The minimum absolute atomic E-state index is 0.141. The lowest BCUT2D eigenvalue weighted by Crippen LogP contribution is -2.35. The fourth-order valence-electron chi connectivity index (χ4n) is 2.62. The van der Waals surface area contributed by atoms with Crippen molar-refractivity contribution in [1.82, 2.24) is 10.3 Å². The minimum atomic E-state index is -0.141. The molecule has 2 rings (SSSR count). The molecular weight excluding hydrogens is 262 g/mol. The van der Waals surface area contributed by atoms with E-state index in [0.717, 1.165) is 17.8 Å². The molecule has 0 radical (unpaired) electrons. The SMILES string of the molecule is NCc1nc(C(=O)NCC2CCCCC2CO)cs1. The van der Waals surface area contributed by atoms with Crippen molar-refractivity contribution in [2.45, 2.75) is 32.2 Å². The van der Waals surface area contributed by atoms with Gasteiger partial charge in [-0.15, -0.1) is 11.3 Å². The summed E-state index contributed by atoms with van der Waals surface area (Å²) in [7, 11) is 0. The summed E-state index contributed by atoms with van der Waals surface area (Å²) in [5.74, 6) is 0.567. The Labute approximate surface area is 117 Å². The molecule has 0 spiro atoms. The highest BCUT2D eigenvalue weighted by Gasteiger charge is 2.25. The molecule has 1 aliphatic rings. The molecule has 1 fully saturated rings. The van der Waals surface area contributed by atoms with Crippen LogP contribution in [0.25, 0.3) is 0 Å². The molecule has 1 aliphatic carbocycles. The Bertz CT molecular complexity index is 422. The predicted octanol–water partition coefficient (Wildman–Crippen LogP) is 1.13. The number of aliphatic hydroxyl groups is 1. The first-order valence-electron chi connectivity index (χ1n) is 6.78. The zero-order chi connectivity index (χ0) is 13.7. The lowest BCUT2D eigenvalue weighted by Gasteiger charge is -2.30. The van der Waals surface area contributed by atoms with E-state index in [4.69, 9.17) is 5.73 Å². The average Bonchev–Trinajstić information content (AvgIpc) is 2.94. The van der Waals surface area contributed by atoms with Gasteiger partial charge in [-0.25, -0.2) is 4.98 Å².